The molecule has 0 spiro atoms. The lowest BCUT2D eigenvalue weighted by Gasteiger charge is -2.14. The number of anilines is 1. The van der Waals surface area contributed by atoms with E-state index in [0.29, 0.717) is 0 Å². The van der Waals surface area contributed by atoms with Gasteiger partial charge in [0.1, 0.15) is 16.6 Å². The molecule has 2 heterocycles. The minimum absolute atomic E-state index is 0.0815. The van der Waals surface area contributed by atoms with E-state index in [1.165, 1.54) is 9.78 Å². The molecule has 1 aliphatic carbocycles. The number of carbonyl (C=O) groups excluding carboxylic acids is 2. The highest BCUT2D eigenvalue weighted by Gasteiger charge is 2.28. The van der Waals surface area contributed by atoms with Crippen molar-refractivity contribution in [1.29, 1.82) is 5.26 Å². The topological polar surface area (TPSA) is 78.1 Å². The summed E-state index contributed by atoms with van der Waals surface area (Å²) in [5.41, 5.74) is 6.51. The summed E-state index contributed by atoms with van der Waals surface area (Å²) in [6.45, 7) is 5.98. The van der Waals surface area contributed by atoms with Crippen LogP contribution in [0.25, 0.3) is 11.1 Å². The first kappa shape index (κ1) is 24.5. The summed E-state index contributed by atoms with van der Waals surface area (Å²) >= 11 is 1.68. The molecule has 2 aromatic heterocycles. The van der Waals surface area contributed by atoms with Gasteiger partial charge in [-0.15, -0.1) is 11.3 Å². The van der Waals surface area contributed by atoms with E-state index in [0.717, 1.165) is 70.0 Å². The second kappa shape index (κ2) is 9.93. The third-order valence-electron chi connectivity index (χ3n) is 6.42. The number of thiophene rings is 1. The molecule has 0 radical (unpaired) electrons. The zero-order valence-corrected chi connectivity index (χ0v) is 21.7. The summed E-state index contributed by atoms with van der Waals surface area (Å²) in [5.74, 6) is -0.435. The average molecular weight is 487 g/mol. The van der Waals surface area contributed by atoms with Crippen molar-refractivity contribution in [3.8, 4) is 11.1 Å². The van der Waals surface area contributed by atoms with E-state index < -0.39 is 0 Å². The quantitative estimate of drug-likeness (QED) is 0.377. The Labute approximate surface area is 210 Å². The van der Waals surface area contributed by atoms with Gasteiger partial charge in [0.25, 0.3) is 11.8 Å². The van der Waals surface area contributed by atoms with E-state index in [-0.39, 0.29) is 17.4 Å². The zero-order chi connectivity index (χ0) is 25.3. The maximum absolute atomic E-state index is 13.6. The van der Waals surface area contributed by atoms with Crippen LogP contribution in [-0.2, 0) is 17.6 Å². The highest BCUT2D eigenvalue weighted by atomic mass is 32.1. The number of aromatic nitrogens is 1. The fourth-order valence-corrected chi connectivity index (χ4v) is 6.06. The molecule has 4 rings (SSSR count). The van der Waals surface area contributed by atoms with Gasteiger partial charge < -0.3 is 14.8 Å². The maximum Gasteiger partial charge on any atom is 0.264 e. The fourth-order valence-electron chi connectivity index (χ4n) is 4.56. The molecular weight excluding hydrogens is 456 g/mol. The number of rotatable bonds is 5. The molecule has 0 saturated heterocycles. The molecule has 1 aliphatic rings. The molecular formula is C28H30N4O2S. The Hall–Kier alpha value is -3.63. The number of amides is 2. The van der Waals surface area contributed by atoms with E-state index in [9.17, 15) is 14.9 Å². The molecule has 0 atom stereocenters. The molecule has 3 aromatic rings. The van der Waals surface area contributed by atoms with Crippen molar-refractivity contribution in [2.45, 2.75) is 46.5 Å². The Bertz CT molecular complexity index is 1370. The van der Waals surface area contributed by atoms with Crippen molar-refractivity contribution in [2.75, 3.05) is 19.4 Å². The largest absolute Gasteiger partial charge is 0.344 e. The molecule has 1 N–H and O–H groups in total. The van der Waals surface area contributed by atoms with Gasteiger partial charge in [0.2, 0.25) is 0 Å². The molecule has 2 amide bonds. The van der Waals surface area contributed by atoms with Gasteiger partial charge in [0.05, 0.1) is 5.56 Å². The van der Waals surface area contributed by atoms with Gasteiger partial charge in [-0.3, -0.25) is 9.59 Å². The molecule has 0 fully saturated rings. The number of hydrogen-bond donors (Lipinski definition) is 1. The summed E-state index contributed by atoms with van der Waals surface area (Å²) in [6.07, 6.45) is 5.71. The first-order valence-corrected chi connectivity index (χ1v) is 12.6. The molecule has 0 unspecified atom stereocenters. The van der Waals surface area contributed by atoms with Crippen molar-refractivity contribution in [1.82, 2.24) is 9.47 Å². The summed E-state index contributed by atoms with van der Waals surface area (Å²) in [6, 6.07) is 11.8. The second-order valence-electron chi connectivity index (χ2n) is 9.24. The molecule has 0 aliphatic heterocycles. The third-order valence-corrected chi connectivity index (χ3v) is 7.70. The molecule has 35 heavy (non-hydrogen) atoms. The summed E-state index contributed by atoms with van der Waals surface area (Å²) in [5, 5.41) is 13.5. The Morgan fingerprint density at radius 1 is 1.11 bits per heavy atom. The highest BCUT2D eigenvalue weighted by Crippen LogP contribution is 2.39. The average Bonchev–Trinajstić information content (AvgIpc) is 3.34. The second-order valence-corrected chi connectivity index (χ2v) is 10.3. The standard InChI is InChI=1S/C28H30N4O2S/c1-17-10-12-22(13-11-17)30-26(33)25-23-8-6-7-9-24(23)35-28(25)32-18(2)14-20(19(32)3)15-21(16-29)27(34)31(4)5/h10-15H,6-9H2,1-5H3,(H,30,33)/b21-15-. The van der Waals surface area contributed by atoms with Crippen LogP contribution in [0.4, 0.5) is 5.69 Å². The third kappa shape index (κ3) is 4.80. The van der Waals surface area contributed by atoms with Crippen LogP contribution in [-0.4, -0.2) is 35.4 Å². The van der Waals surface area contributed by atoms with Crippen molar-refractivity contribution in [3.63, 3.8) is 0 Å². The minimum atomic E-state index is -0.331. The zero-order valence-electron chi connectivity index (χ0n) is 20.9. The van der Waals surface area contributed by atoms with E-state index in [2.05, 4.69) is 9.88 Å². The van der Waals surface area contributed by atoms with Crippen molar-refractivity contribution >= 4 is 34.9 Å². The molecule has 0 saturated carbocycles. The SMILES string of the molecule is Cc1ccc(NC(=O)c2c(-n3c(C)cc(/C=C(/C#N)C(=O)N(C)C)c3C)sc3c2CCCC3)cc1. The fraction of sp³-hybridized carbons (Fsp3) is 0.321. The lowest BCUT2D eigenvalue weighted by Crippen LogP contribution is -2.22. The normalized spacial score (nSPS) is 13.2. The van der Waals surface area contributed by atoms with Gasteiger partial charge in [-0.2, -0.15) is 5.26 Å². The maximum atomic E-state index is 13.6. The van der Waals surface area contributed by atoms with Gasteiger partial charge in [0, 0.05) is 36.0 Å². The van der Waals surface area contributed by atoms with Gasteiger partial charge in [-0.05, 0) is 81.9 Å². The molecule has 7 heteroatoms. The predicted molar refractivity (Wildman–Crippen MR) is 141 cm³/mol. The summed E-state index contributed by atoms with van der Waals surface area (Å²) in [7, 11) is 3.26. The molecule has 6 nitrogen and oxygen atoms in total. The number of nitrogens with one attached hydrogen (secondary N) is 1. The van der Waals surface area contributed by atoms with Gasteiger partial charge >= 0.3 is 0 Å². The van der Waals surface area contributed by atoms with Crippen LogP contribution in [0.2, 0.25) is 0 Å². The van der Waals surface area contributed by atoms with Crippen molar-refractivity contribution in [3.05, 3.63) is 74.4 Å². The number of benzene rings is 1. The van der Waals surface area contributed by atoms with E-state index in [4.69, 9.17) is 0 Å². The highest BCUT2D eigenvalue weighted by molar-refractivity contribution is 7.15. The number of carbonyl (C=O) groups is 2. The lowest BCUT2D eigenvalue weighted by molar-refractivity contribution is -0.124. The van der Waals surface area contributed by atoms with E-state index in [1.54, 1.807) is 31.5 Å². The predicted octanol–water partition coefficient (Wildman–Crippen LogP) is 5.59. The van der Waals surface area contributed by atoms with Crippen molar-refractivity contribution < 1.29 is 9.59 Å². The lowest BCUT2D eigenvalue weighted by atomic mass is 9.95. The van der Waals surface area contributed by atoms with Crippen LogP contribution in [0.5, 0.6) is 0 Å². The van der Waals surface area contributed by atoms with Crippen LogP contribution in [0.15, 0.2) is 35.9 Å². The Morgan fingerprint density at radius 3 is 2.46 bits per heavy atom. The smallest absolute Gasteiger partial charge is 0.264 e. The van der Waals surface area contributed by atoms with Crippen LogP contribution in [0.3, 0.4) is 0 Å². The number of aryl methyl sites for hydroxylation is 3. The number of likely N-dealkylation sites (N-methyl/N-ethyl adjacent to an activating group) is 1. The van der Waals surface area contributed by atoms with Crippen LogP contribution in [0.1, 0.15) is 56.2 Å². The molecule has 1 aromatic carbocycles. The van der Waals surface area contributed by atoms with Gasteiger partial charge in [0.15, 0.2) is 0 Å². The minimum Gasteiger partial charge on any atom is -0.344 e. The Morgan fingerprint density at radius 2 is 1.80 bits per heavy atom. The summed E-state index contributed by atoms with van der Waals surface area (Å²) < 4.78 is 2.09. The van der Waals surface area contributed by atoms with Gasteiger partial charge in [-0.1, -0.05) is 17.7 Å². The number of hydrogen-bond acceptors (Lipinski definition) is 4. The Balaban J connectivity index is 1.81. The van der Waals surface area contributed by atoms with Crippen LogP contribution >= 0.6 is 11.3 Å². The van der Waals surface area contributed by atoms with E-state index in [1.807, 2.05) is 57.2 Å². The first-order chi connectivity index (χ1) is 16.7. The molecule has 0 bridgehead atoms. The van der Waals surface area contributed by atoms with Crippen LogP contribution < -0.4 is 5.32 Å². The summed E-state index contributed by atoms with van der Waals surface area (Å²) in [4.78, 5) is 28.7. The monoisotopic (exact) mass is 486 g/mol. The van der Waals surface area contributed by atoms with Crippen LogP contribution in [0, 0.1) is 32.1 Å². The number of fused-ring (bicyclic) bond motifs is 1. The Kier molecular flexibility index (Phi) is 6.95. The van der Waals surface area contributed by atoms with E-state index >= 15 is 0 Å². The van der Waals surface area contributed by atoms with Crippen molar-refractivity contribution in [2.24, 2.45) is 0 Å². The molecule has 180 valence electrons. The number of nitriles is 1. The first-order valence-electron chi connectivity index (χ1n) is 11.8. The number of nitrogens with zero attached hydrogens (tertiary/aromatic N) is 3. The van der Waals surface area contributed by atoms with Gasteiger partial charge in [-0.25, -0.2) is 0 Å².